The van der Waals surface area contributed by atoms with Gasteiger partial charge >= 0.3 is 0 Å². The van der Waals surface area contributed by atoms with Crippen LogP contribution in [0.15, 0.2) is 30.3 Å². The van der Waals surface area contributed by atoms with Gasteiger partial charge < -0.3 is 4.81 Å². The molecule has 0 saturated heterocycles. The molecule has 0 unspecified atom stereocenters. The smallest absolute Gasteiger partial charge is 0.238 e. The van der Waals surface area contributed by atoms with Gasteiger partial charge in [0.1, 0.15) is 0 Å². The average Bonchev–Trinajstić information content (AvgIpc) is 2.05. The number of hydrogen-bond donors (Lipinski definition) is 0. The van der Waals surface area contributed by atoms with Gasteiger partial charge in [-0.15, -0.1) is 0 Å². The number of anilines is 1. The van der Waals surface area contributed by atoms with E-state index in [9.17, 15) is 4.79 Å². The second kappa shape index (κ2) is 3.24. The molecule has 0 aliphatic rings. The van der Waals surface area contributed by atoms with E-state index in [1.54, 1.807) is 12.1 Å². The Bertz CT molecular complexity index is 248. The molecule has 1 aromatic carbocycles. The number of nitrogens with zero attached hydrogens (tertiary/aromatic N) is 1. The Balaban J connectivity index is 2.85. The lowest BCUT2D eigenvalue weighted by atomic mass is 10.2. The number of benzene rings is 1. The van der Waals surface area contributed by atoms with Crippen molar-refractivity contribution >= 4 is 19.6 Å². The van der Waals surface area contributed by atoms with Crippen molar-refractivity contribution in [1.82, 2.24) is 0 Å². The summed E-state index contributed by atoms with van der Waals surface area (Å²) in [5, 5.41) is 0. The van der Waals surface area contributed by atoms with Crippen LogP contribution in [0.4, 0.5) is 5.69 Å². The molecule has 11 heavy (non-hydrogen) atoms. The van der Waals surface area contributed by atoms with Crippen LogP contribution in [0, 0.1) is 0 Å². The number of rotatable bonds is 1. The maximum absolute atomic E-state index is 10.7. The maximum atomic E-state index is 10.7. The summed E-state index contributed by atoms with van der Waals surface area (Å²) in [6.45, 7) is 1.42. The minimum absolute atomic E-state index is 0.170. The predicted molar refractivity (Wildman–Crippen MR) is 45.4 cm³/mol. The quantitative estimate of drug-likeness (QED) is 0.542. The summed E-state index contributed by atoms with van der Waals surface area (Å²) >= 11 is 0. The van der Waals surface area contributed by atoms with E-state index in [0.29, 0.717) is 5.69 Å². The maximum Gasteiger partial charge on any atom is 0.238 e. The van der Waals surface area contributed by atoms with Gasteiger partial charge in [-0.1, -0.05) is 18.2 Å². The average molecular weight is 145 g/mol. The number of amides is 1. The molecule has 1 rings (SSSR count). The van der Waals surface area contributed by atoms with Crippen LogP contribution in [0.1, 0.15) is 6.92 Å². The lowest BCUT2D eigenvalue weighted by molar-refractivity contribution is -0.115. The van der Waals surface area contributed by atoms with Crippen molar-refractivity contribution < 1.29 is 4.79 Å². The van der Waals surface area contributed by atoms with Gasteiger partial charge in [0.15, 0.2) is 0 Å². The van der Waals surface area contributed by atoms with E-state index < -0.39 is 0 Å². The Hall–Kier alpha value is -1.25. The number of hydrogen-bond acceptors (Lipinski definition) is 1. The molecule has 0 saturated carbocycles. The first-order valence-corrected chi connectivity index (χ1v) is 3.32. The van der Waals surface area contributed by atoms with E-state index in [2.05, 4.69) is 0 Å². The van der Waals surface area contributed by atoms with Crippen LogP contribution in [0.5, 0.6) is 0 Å². The molecule has 0 aromatic heterocycles. The fourth-order valence-corrected chi connectivity index (χ4v) is 0.770. The molecule has 1 aromatic rings. The molecule has 3 heteroatoms. The Labute approximate surface area is 67.3 Å². The molecule has 54 valence electrons. The van der Waals surface area contributed by atoms with Crippen LogP contribution in [-0.4, -0.2) is 13.9 Å². The molecule has 0 aliphatic carbocycles. The minimum Gasteiger partial charge on any atom is -0.369 e. The Morgan fingerprint density at radius 2 is 1.91 bits per heavy atom. The topological polar surface area (TPSA) is 20.3 Å². The first-order valence-electron chi connectivity index (χ1n) is 3.32. The second-order valence-electron chi connectivity index (χ2n) is 2.22. The zero-order valence-electron chi connectivity index (χ0n) is 6.32. The molecular formula is C8H8BNO. The summed E-state index contributed by atoms with van der Waals surface area (Å²) in [5.41, 5.74) is 0.708. The lowest BCUT2D eigenvalue weighted by Gasteiger charge is -2.14. The molecule has 0 heterocycles. The van der Waals surface area contributed by atoms with Gasteiger partial charge in [0.25, 0.3) is 0 Å². The van der Waals surface area contributed by atoms with Gasteiger partial charge in [-0.3, -0.25) is 4.79 Å². The first-order chi connectivity index (χ1) is 5.22. The normalized spacial score (nSPS) is 9.18. The monoisotopic (exact) mass is 145 g/mol. The van der Waals surface area contributed by atoms with E-state index in [1.165, 1.54) is 6.92 Å². The zero-order chi connectivity index (χ0) is 8.27. The SMILES string of the molecule is [B]N(C(C)=O)c1ccccc1. The van der Waals surface area contributed by atoms with E-state index >= 15 is 0 Å². The van der Waals surface area contributed by atoms with Gasteiger partial charge in [0.2, 0.25) is 13.9 Å². The highest BCUT2D eigenvalue weighted by Gasteiger charge is 2.01. The standard InChI is InChI=1S/C8H8BNO/c1-7(11)10(9)8-5-3-2-4-6-8/h2-6H,1H3. The zero-order valence-corrected chi connectivity index (χ0v) is 6.32. The van der Waals surface area contributed by atoms with Crippen LogP contribution in [0.2, 0.25) is 0 Å². The van der Waals surface area contributed by atoms with Crippen molar-refractivity contribution in [1.29, 1.82) is 0 Å². The van der Waals surface area contributed by atoms with Crippen LogP contribution in [0.3, 0.4) is 0 Å². The summed E-state index contributed by atoms with van der Waals surface area (Å²) in [6, 6.07) is 9.09. The largest absolute Gasteiger partial charge is 0.369 e. The number of carbonyl (C=O) groups is 1. The summed E-state index contributed by atoms with van der Waals surface area (Å²) < 4.78 is 0. The van der Waals surface area contributed by atoms with Crippen LogP contribution in [0.25, 0.3) is 0 Å². The summed E-state index contributed by atoms with van der Waals surface area (Å²) in [6.07, 6.45) is 0. The second-order valence-corrected chi connectivity index (χ2v) is 2.22. The van der Waals surface area contributed by atoms with Crippen LogP contribution in [-0.2, 0) is 4.79 Å². The summed E-state index contributed by atoms with van der Waals surface area (Å²) in [7, 11) is 5.42. The molecule has 0 bridgehead atoms. The molecule has 2 nitrogen and oxygen atoms in total. The van der Waals surface area contributed by atoms with E-state index in [-0.39, 0.29) is 5.91 Å². The Morgan fingerprint density at radius 1 is 1.36 bits per heavy atom. The van der Waals surface area contributed by atoms with Crippen molar-refractivity contribution in [2.45, 2.75) is 6.92 Å². The predicted octanol–water partition coefficient (Wildman–Crippen LogP) is 1.12. The van der Waals surface area contributed by atoms with Crippen molar-refractivity contribution in [2.75, 3.05) is 4.81 Å². The third-order valence-electron chi connectivity index (χ3n) is 1.37. The molecule has 0 spiro atoms. The van der Waals surface area contributed by atoms with Gasteiger partial charge in [-0.05, 0) is 12.1 Å². The van der Waals surface area contributed by atoms with Gasteiger partial charge in [0.05, 0.1) is 0 Å². The third-order valence-corrected chi connectivity index (χ3v) is 1.37. The number of carbonyl (C=O) groups excluding carboxylic acids is 1. The fraction of sp³-hybridized carbons (Fsp3) is 0.125. The lowest BCUT2D eigenvalue weighted by Crippen LogP contribution is -2.24. The highest BCUT2D eigenvalue weighted by atomic mass is 16.2. The van der Waals surface area contributed by atoms with Gasteiger partial charge in [-0.25, -0.2) is 0 Å². The molecule has 0 fully saturated rings. The van der Waals surface area contributed by atoms with Crippen LogP contribution < -0.4 is 4.81 Å². The first kappa shape index (κ1) is 7.86. The molecular weight excluding hydrogens is 137 g/mol. The van der Waals surface area contributed by atoms with E-state index in [0.717, 1.165) is 4.81 Å². The summed E-state index contributed by atoms with van der Waals surface area (Å²) in [5.74, 6) is -0.170. The van der Waals surface area contributed by atoms with Crippen molar-refractivity contribution in [3.05, 3.63) is 30.3 Å². The van der Waals surface area contributed by atoms with Crippen molar-refractivity contribution in [3.8, 4) is 0 Å². The fourth-order valence-electron chi connectivity index (χ4n) is 0.770. The minimum atomic E-state index is -0.170. The highest BCUT2D eigenvalue weighted by molar-refractivity contribution is 6.30. The van der Waals surface area contributed by atoms with Gasteiger partial charge in [0, 0.05) is 12.6 Å². The molecule has 0 atom stereocenters. The van der Waals surface area contributed by atoms with E-state index in [1.807, 2.05) is 18.2 Å². The van der Waals surface area contributed by atoms with Crippen molar-refractivity contribution in [3.63, 3.8) is 0 Å². The molecule has 0 aliphatic heterocycles. The molecule has 2 radical (unpaired) electrons. The van der Waals surface area contributed by atoms with Crippen LogP contribution >= 0.6 is 0 Å². The molecule has 0 N–H and O–H groups in total. The van der Waals surface area contributed by atoms with E-state index in [4.69, 9.17) is 7.98 Å². The third kappa shape index (κ3) is 1.83. The highest BCUT2D eigenvalue weighted by Crippen LogP contribution is 2.09. The molecule has 1 amide bonds. The number of para-hydroxylation sites is 1. The summed E-state index contributed by atoms with van der Waals surface area (Å²) in [4.78, 5) is 11.9. The van der Waals surface area contributed by atoms with Gasteiger partial charge in [-0.2, -0.15) is 0 Å². The van der Waals surface area contributed by atoms with Crippen molar-refractivity contribution in [2.24, 2.45) is 0 Å². The Morgan fingerprint density at radius 3 is 2.36 bits per heavy atom. The Kier molecular flexibility index (Phi) is 2.31.